The Kier molecular flexibility index (Phi) is 5.04. The van der Waals surface area contributed by atoms with Gasteiger partial charge >= 0.3 is 6.03 Å². The van der Waals surface area contributed by atoms with Crippen LogP contribution >= 0.6 is 0 Å². The van der Waals surface area contributed by atoms with Gasteiger partial charge < -0.3 is 4.42 Å². The second kappa shape index (κ2) is 7.83. The molecule has 3 aromatic rings. The van der Waals surface area contributed by atoms with E-state index < -0.39 is 23.7 Å². The SMILES string of the molecule is CC(=O)c1cccc(-c2ccc(/C=C3\C(=O)NC(=O)N(c4ccc(F)cc4)C3=O)o2)c1. The third-order valence-electron chi connectivity index (χ3n) is 4.65. The van der Waals surface area contributed by atoms with Crippen molar-refractivity contribution in [2.45, 2.75) is 6.92 Å². The number of rotatable bonds is 4. The Morgan fingerprint density at radius 3 is 2.48 bits per heavy atom. The van der Waals surface area contributed by atoms with Gasteiger partial charge in [-0.3, -0.25) is 19.7 Å². The number of hydrogen-bond acceptors (Lipinski definition) is 5. The van der Waals surface area contributed by atoms with Crippen molar-refractivity contribution in [3.8, 4) is 11.3 Å². The van der Waals surface area contributed by atoms with Crippen LogP contribution in [0, 0.1) is 5.82 Å². The molecule has 1 aliphatic heterocycles. The van der Waals surface area contributed by atoms with Gasteiger partial charge in [-0.1, -0.05) is 18.2 Å². The lowest BCUT2D eigenvalue weighted by Crippen LogP contribution is -2.54. The van der Waals surface area contributed by atoms with Gasteiger partial charge in [0.25, 0.3) is 11.8 Å². The van der Waals surface area contributed by atoms with Gasteiger partial charge in [-0.2, -0.15) is 0 Å². The van der Waals surface area contributed by atoms with Crippen molar-refractivity contribution in [3.63, 3.8) is 0 Å². The van der Waals surface area contributed by atoms with E-state index in [1.807, 2.05) is 0 Å². The molecule has 2 heterocycles. The summed E-state index contributed by atoms with van der Waals surface area (Å²) in [5.74, 6) is -1.72. The first kappa shape index (κ1) is 20.0. The number of halogens is 1. The standard InChI is InChI=1S/C23H15FN2O5/c1-13(27)14-3-2-4-15(11-14)20-10-9-18(31-20)12-19-21(28)25-23(30)26(22(19)29)17-7-5-16(24)6-8-17/h2-12H,1H3,(H,25,28,30)/b19-12+. The summed E-state index contributed by atoms with van der Waals surface area (Å²) in [4.78, 5) is 49.6. The summed E-state index contributed by atoms with van der Waals surface area (Å²) in [5.41, 5.74) is 0.967. The number of imide groups is 2. The molecule has 8 heteroatoms. The maximum atomic E-state index is 13.2. The summed E-state index contributed by atoms with van der Waals surface area (Å²) < 4.78 is 18.9. The van der Waals surface area contributed by atoms with Gasteiger partial charge in [0.05, 0.1) is 5.69 Å². The van der Waals surface area contributed by atoms with Gasteiger partial charge in [0.2, 0.25) is 0 Å². The van der Waals surface area contributed by atoms with Crippen molar-refractivity contribution in [2.24, 2.45) is 0 Å². The van der Waals surface area contributed by atoms with Crippen molar-refractivity contribution in [3.05, 3.63) is 83.4 Å². The molecule has 0 unspecified atom stereocenters. The van der Waals surface area contributed by atoms with Crippen LogP contribution < -0.4 is 10.2 Å². The highest BCUT2D eigenvalue weighted by Gasteiger charge is 2.37. The molecule has 4 rings (SSSR count). The molecule has 0 radical (unpaired) electrons. The summed E-state index contributed by atoms with van der Waals surface area (Å²) in [6.45, 7) is 1.46. The number of benzene rings is 2. The van der Waals surface area contributed by atoms with E-state index in [1.165, 1.54) is 25.1 Å². The molecular formula is C23H15FN2O5. The van der Waals surface area contributed by atoms with E-state index in [2.05, 4.69) is 5.32 Å². The van der Waals surface area contributed by atoms with Gasteiger partial charge in [0, 0.05) is 11.1 Å². The number of ketones is 1. The first-order valence-corrected chi connectivity index (χ1v) is 9.22. The lowest BCUT2D eigenvalue weighted by molar-refractivity contribution is -0.122. The number of nitrogens with zero attached hydrogens (tertiary/aromatic N) is 1. The normalized spacial score (nSPS) is 15.4. The van der Waals surface area contributed by atoms with Crippen LogP contribution in [0.1, 0.15) is 23.0 Å². The van der Waals surface area contributed by atoms with E-state index in [0.717, 1.165) is 17.0 Å². The van der Waals surface area contributed by atoms with E-state index in [1.54, 1.807) is 36.4 Å². The number of barbiturate groups is 1. The highest BCUT2D eigenvalue weighted by molar-refractivity contribution is 6.39. The number of urea groups is 1. The topological polar surface area (TPSA) is 96.7 Å². The van der Waals surface area contributed by atoms with E-state index >= 15 is 0 Å². The van der Waals surface area contributed by atoms with Crippen LogP contribution in [0.5, 0.6) is 0 Å². The number of amides is 4. The third-order valence-corrected chi connectivity index (χ3v) is 4.65. The molecular weight excluding hydrogens is 403 g/mol. The van der Waals surface area contributed by atoms with Crippen molar-refractivity contribution in [1.29, 1.82) is 0 Å². The molecule has 4 amide bonds. The number of nitrogens with one attached hydrogen (secondary N) is 1. The Labute approximate surface area is 175 Å². The van der Waals surface area contributed by atoms with Crippen molar-refractivity contribution < 1.29 is 28.0 Å². The van der Waals surface area contributed by atoms with Crippen LogP contribution in [0.15, 0.2) is 70.7 Å². The zero-order chi connectivity index (χ0) is 22.1. The minimum absolute atomic E-state index is 0.0919. The number of Topliss-reactive ketones (excluding diaryl/α,β-unsaturated/α-hetero) is 1. The molecule has 0 saturated carbocycles. The van der Waals surface area contributed by atoms with E-state index in [-0.39, 0.29) is 22.8 Å². The molecule has 31 heavy (non-hydrogen) atoms. The third kappa shape index (κ3) is 3.91. The molecule has 1 fully saturated rings. The number of hydrogen-bond donors (Lipinski definition) is 1. The molecule has 1 N–H and O–H groups in total. The molecule has 7 nitrogen and oxygen atoms in total. The predicted molar refractivity (Wildman–Crippen MR) is 110 cm³/mol. The van der Waals surface area contributed by atoms with Crippen LogP contribution in [-0.4, -0.2) is 23.6 Å². The van der Waals surface area contributed by atoms with Crippen LogP contribution in [0.4, 0.5) is 14.9 Å². The summed E-state index contributed by atoms with van der Waals surface area (Å²) >= 11 is 0. The zero-order valence-corrected chi connectivity index (χ0v) is 16.2. The maximum absolute atomic E-state index is 13.2. The lowest BCUT2D eigenvalue weighted by atomic mass is 10.1. The summed E-state index contributed by atoms with van der Waals surface area (Å²) in [7, 11) is 0. The van der Waals surface area contributed by atoms with Crippen molar-refractivity contribution in [1.82, 2.24) is 5.32 Å². The Balaban J connectivity index is 1.66. The molecule has 0 spiro atoms. The van der Waals surface area contributed by atoms with Gasteiger partial charge in [-0.15, -0.1) is 0 Å². The lowest BCUT2D eigenvalue weighted by Gasteiger charge is -2.26. The fourth-order valence-corrected chi connectivity index (χ4v) is 3.10. The van der Waals surface area contributed by atoms with Gasteiger partial charge in [-0.05, 0) is 55.5 Å². The molecule has 1 aliphatic rings. The molecule has 1 aromatic heterocycles. The molecule has 2 aromatic carbocycles. The first-order valence-electron chi connectivity index (χ1n) is 9.22. The monoisotopic (exact) mass is 418 g/mol. The van der Waals surface area contributed by atoms with Crippen LogP contribution in [-0.2, 0) is 9.59 Å². The Hall–Kier alpha value is -4.33. The second-order valence-electron chi connectivity index (χ2n) is 6.77. The van der Waals surface area contributed by atoms with E-state index in [4.69, 9.17) is 4.42 Å². The van der Waals surface area contributed by atoms with Crippen LogP contribution in [0.25, 0.3) is 17.4 Å². The van der Waals surface area contributed by atoms with E-state index in [9.17, 15) is 23.6 Å². The van der Waals surface area contributed by atoms with Crippen molar-refractivity contribution in [2.75, 3.05) is 4.90 Å². The predicted octanol–water partition coefficient (Wildman–Crippen LogP) is 3.95. The minimum Gasteiger partial charge on any atom is -0.457 e. The fraction of sp³-hybridized carbons (Fsp3) is 0.0435. The average Bonchev–Trinajstić information content (AvgIpc) is 3.21. The highest BCUT2D eigenvalue weighted by Crippen LogP contribution is 2.26. The van der Waals surface area contributed by atoms with Gasteiger partial charge in [0.1, 0.15) is 22.9 Å². The molecule has 0 atom stereocenters. The maximum Gasteiger partial charge on any atom is 0.335 e. The number of anilines is 1. The Morgan fingerprint density at radius 1 is 1.03 bits per heavy atom. The fourth-order valence-electron chi connectivity index (χ4n) is 3.10. The Bertz CT molecular complexity index is 1260. The zero-order valence-electron chi connectivity index (χ0n) is 16.2. The summed E-state index contributed by atoms with van der Waals surface area (Å²) in [6.07, 6.45) is 1.22. The van der Waals surface area contributed by atoms with Crippen LogP contribution in [0.3, 0.4) is 0 Å². The van der Waals surface area contributed by atoms with Gasteiger partial charge in [0.15, 0.2) is 5.78 Å². The molecule has 154 valence electrons. The summed E-state index contributed by atoms with van der Waals surface area (Å²) in [6, 6.07) is 13.8. The highest BCUT2D eigenvalue weighted by atomic mass is 19.1. The van der Waals surface area contributed by atoms with Crippen LogP contribution in [0.2, 0.25) is 0 Å². The van der Waals surface area contributed by atoms with Gasteiger partial charge in [-0.25, -0.2) is 14.1 Å². The largest absolute Gasteiger partial charge is 0.457 e. The number of carbonyl (C=O) groups excluding carboxylic acids is 4. The summed E-state index contributed by atoms with van der Waals surface area (Å²) in [5, 5.41) is 2.09. The quantitative estimate of drug-likeness (QED) is 0.393. The minimum atomic E-state index is -0.931. The average molecular weight is 418 g/mol. The second-order valence-corrected chi connectivity index (χ2v) is 6.77. The number of furan rings is 1. The molecule has 0 bridgehead atoms. The smallest absolute Gasteiger partial charge is 0.335 e. The number of carbonyl (C=O) groups is 4. The Morgan fingerprint density at radius 2 is 1.77 bits per heavy atom. The molecule has 1 saturated heterocycles. The van der Waals surface area contributed by atoms with Crippen molar-refractivity contribution >= 4 is 35.4 Å². The molecule has 0 aliphatic carbocycles. The van der Waals surface area contributed by atoms with E-state index in [0.29, 0.717) is 16.9 Å². The first-order chi connectivity index (χ1) is 14.8.